The second-order valence-electron chi connectivity index (χ2n) is 5.60. The van der Waals surface area contributed by atoms with Crippen molar-refractivity contribution in [2.24, 2.45) is 14.1 Å². The van der Waals surface area contributed by atoms with E-state index in [2.05, 4.69) is 10.3 Å². The minimum Gasteiger partial charge on any atom is -0.380 e. The van der Waals surface area contributed by atoms with Crippen LogP contribution in [0.1, 0.15) is 11.1 Å². The van der Waals surface area contributed by atoms with Crippen molar-refractivity contribution in [2.75, 3.05) is 5.32 Å². The minimum absolute atomic E-state index is 0.345. The molecule has 0 aliphatic carbocycles. The van der Waals surface area contributed by atoms with Crippen molar-refractivity contribution >= 4 is 16.7 Å². The second kappa shape index (κ2) is 5.72. The van der Waals surface area contributed by atoms with E-state index in [1.165, 1.54) is 17.2 Å². The van der Waals surface area contributed by atoms with E-state index in [0.29, 0.717) is 23.3 Å². The summed E-state index contributed by atoms with van der Waals surface area (Å²) in [6.45, 7) is 2.63. The molecule has 1 aromatic carbocycles. The van der Waals surface area contributed by atoms with E-state index in [-0.39, 0.29) is 11.2 Å². The summed E-state index contributed by atoms with van der Waals surface area (Å²) in [5.74, 6) is 0. The van der Waals surface area contributed by atoms with Gasteiger partial charge in [0.2, 0.25) is 0 Å². The first-order valence-electron chi connectivity index (χ1n) is 7.33. The summed E-state index contributed by atoms with van der Waals surface area (Å²) in [4.78, 5) is 28.6. The van der Waals surface area contributed by atoms with E-state index < -0.39 is 0 Å². The van der Waals surface area contributed by atoms with Crippen LogP contribution < -0.4 is 16.6 Å². The number of anilines is 1. The molecule has 6 nitrogen and oxygen atoms in total. The van der Waals surface area contributed by atoms with E-state index in [4.69, 9.17) is 0 Å². The first-order chi connectivity index (χ1) is 11.0. The molecule has 3 rings (SSSR count). The zero-order valence-corrected chi connectivity index (χ0v) is 13.3. The lowest BCUT2D eigenvalue weighted by molar-refractivity contribution is 0.708. The maximum Gasteiger partial charge on any atom is 0.332 e. The average molecular weight is 310 g/mol. The molecule has 0 aliphatic heterocycles. The molecule has 0 saturated carbocycles. The number of nitrogens with one attached hydrogen (secondary N) is 1. The molecular formula is C17H18N4O2. The summed E-state index contributed by atoms with van der Waals surface area (Å²) in [7, 11) is 3.09. The number of aryl methyl sites for hydroxylation is 2. The van der Waals surface area contributed by atoms with Gasteiger partial charge in [-0.25, -0.2) is 9.78 Å². The van der Waals surface area contributed by atoms with E-state index in [1.807, 2.05) is 31.2 Å². The molecule has 0 fully saturated rings. The molecule has 3 aromatic rings. The lowest BCUT2D eigenvalue weighted by Crippen LogP contribution is -2.37. The average Bonchev–Trinajstić information content (AvgIpc) is 2.57. The fourth-order valence-electron chi connectivity index (χ4n) is 2.54. The van der Waals surface area contributed by atoms with E-state index in [1.54, 1.807) is 19.3 Å². The summed E-state index contributed by atoms with van der Waals surface area (Å²) in [5.41, 5.74) is 2.64. The molecule has 1 N–H and O–H groups in total. The molecule has 0 aliphatic rings. The number of nitrogens with zero attached hydrogens (tertiary/aromatic N) is 3. The molecule has 23 heavy (non-hydrogen) atoms. The highest BCUT2D eigenvalue weighted by molar-refractivity contribution is 5.87. The van der Waals surface area contributed by atoms with Crippen molar-refractivity contribution in [3.8, 4) is 0 Å². The Morgan fingerprint density at radius 2 is 1.74 bits per heavy atom. The third-order valence-electron chi connectivity index (χ3n) is 3.94. The normalized spacial score (nSPS) is 10.9. The first-order valence-corrected chi connectivity index (χ1v) is 7.33. The molecule has 0 atom stereocenters. The smallest absolute Gasteiger partial charge is 0.332 e. The minimum atomic E-state index is -0.384. The zero-order valence-electron chi connectivity index (χ0n) is 13.3. The highest BCUT2D eigenvalue weighted by Gasteiger charge is 2.13. The van der Waals surface area contributed by atoms with Gasteiger partial charge >= 0.3 is 5.69 Å². The molecule has 0 saturated heterocycles. The summed E-state index contributed by atoms with van der Waals surface area (Å²) in [6, 6.07) is 9.93. The molecule has 0 amide bonds. The Labute approximate surface area is 133 Å². The number of hydrogen-bond acceptors (Lipinski definition) is 4. The summed E-state index contributed by atoms with van der Waals surface area (Å²) < 4.78 is 2.48. The van der Waals surface area contributed by atoms with E-state index in [9.17, 15) is 9.59 Å². The Balaban J connectivity index is 2.06. The van der Waals surface area contributed by atoms with Gasteiger partial charge in [0.1, 0.15) is 5.39 Å². The van der Waals surface area contributed by atoms with Gasteiger partial charge in [0, 0.05) is 26.8 Å². The topological polar surface area (TPSA) is 68.9 Å². The predicted molar refractivity (Wildman–Crippen MR) is 90.7 cm³/mol. The van der Waals surface area contributed by atoms with Gasteiger partial charge in [-0.2, -0.15) is 0 Å². The van der Waals surface area contributed by atoms with Crippen molar-refractivity contribution in [3.05, 3.63) is 68.5 Å². The molecule has 0 radical (unpaired) electrons. The molecule has 6 heteroatoms. The predicted octanol–water partition coefficient (Wildman–Crippen LogP) is 1.55. The summed E-state index contributed by atoms with van der Waals surface area (Å²) in [6.07, 6.45) is 1.60. The molecule has 2 aromatic heterocycles. The molecular weight excluding hydrogens is 292 g/mol. The number of aromatic nitrogens is 3. The zero-order chi connectivity index (χ0) is 16.6. The Morgan fingerprint density at radius 1 is 1.04 bits per heavy atom. The van der Waals surface area contributed by atoms with Gasteiger partial charge in [0.05, 0.1) is 5.69 Å². The van der Waals surface area contributed by atoms with Gasteiger partial charge < -0.3 is 5.32 Å². The van der Waals surface area contributed by atoms with Crippen molar-refractivity contribution in [2.45, 2.75) is 13.5 Å². The van der Waals surface area contributed by atoms with Crippen LogP contribution in [0.2, 0.25) is 0 Å². The lowest BCUT2D eigenvalue weighted by Gasteiger charge is -2.12. The van der Waals surface area contributed by atoms with Crippen LogP contribution in [0.25, 0.3) is 11.0 Å². The number of fused-ring (bicyclic) bond motifs is 1. The highest BCUT2D eigenvalue weighted by Crippen LogP contribution is 2.17. The summed E-state index contributed by atoms with van der Waals surface area (Å²) >= 11 is 0. The molecule has 0 unspecified atom stereocenters. The maximum atomic E-state index is 12.4. The number of rotatable bonds is 3. The number of pyridine rings is 1. The fourth-order valence-corrected chi connectivity index (χ4v) is 2.54. The van der Waals surface area contributed by atoms with Crippen LogP contribution >= 0.6 is 0 Å². The van der Waals surface area contributed by atoms with Gasteiger partial charge in [-0.1, -0.05) is 29.8 Å². The lowest BCUT2D eigenvalue weighted by atomic mass is 10.1. The van der Waals surface area contributed by atoms with Gasteiger partial charge in [-0.3, -0.25) is 13.9 Å². The van der Waals surface area contributed by atoms with Crippen LogP contribution in [0.3, 0.4) is 0 Å². The van der Waals surface area contributed by atoms with Gasteiger partial charge in [-0.05, 0) is 18.6 Å². The Morgan fingerprint density at radius 3 is 2.43 bits per heavy atom. The van der Waals surface area contributed by atoms with E-state index >= 15 is 0 Å². The van der Waals surface area contributed by atoms with Gasteiger partial charge in [0.25, 0.3) is 5.56 Å². The van der Waals surface area contributed by atoms with Gasteiger partial charge in [0.15, 0.2) is 5.65 Å². The third kappa shape index (κ3) is 2.63. The number of hydrogen-bond donors (Lipinski definition) is 1. The van der Waals surface area contributed by atoms with Crippen LogP contribution in [0, 0.1) is 6.92 Å². The Hall–Kier alpha value is -2.89. The van der Waals surface area contributed by atoms with Crippen molar-refractivity contribution in [1.29, 1.82) is 0 Å². The van der Waals surface area contributed by atoms with Crippen molar-refractivity contribution in [3.63, 3.8) is 0 Å². The van der Waals surface area contributed by atoms with Crippen LogP contribution in [-0.2, 0) is 20.6 Å². The standard InChI is InChI=1S/C17H18N4O2/c1-11-4-6-12(7-5-11)10-19-13-8-9-18-15-14(13)16(22)21(3)17(23)20(15)2/h4-9H,10H2,1-3H3,(H,18,19). The first kappa shape index (κ1) is 15.0. The quantitative estimate of drug-likeness (QED) is 0.797. The Kier molecular flexibility index (Phi) is 3.73. The van der Waals surface area contributed by atoms with Crippen LogP contribution in [0.5, 0.6) is 0 Å². The Bertz CT molecular complexity index is 984. The van der Waals surface area contributed by atoms with Crippen LogP contribution in [-0.4, -0.2) is 14.1 Å². The third-order valence-corrected chi connectivity index (χ3v) is 3.94. The maximum absolute atomic E-state index is 12.4. The fraction of sp³-hybridized carbons (Fsp3) is 0.235. The summed E-state index contributed by atoms with van der Waals surface area (Å²) in [5, 5.41) is 3.69. The van der Waals surface area contributed by atoms with Crippen molar-refractivity contribution < 1.29 is 0 Å². The molecule has 0 spiro atoms. The highest BCUT2D eigenvalue weighted by atomic mass is 16.2. The number of benzene rings is 1. The largest absolute Gasteiger partial charge is 0.380 e. The monoisotopic (exact) mass is 310 g/mol. The van der Waals surface area contributed by atoms with Crippen LogP contribution in [0.15, 0.2) is 46.1 Å². The molecule has 0 bridgehead atoms. The second-order valence-corrected chi connectivity index (χ2v) is 5.60. The van der Waals surface area contributed by atoms with Gasteiger partial charge in [-0.15, -0.1) is 0 Å². The molecule has 2 heterocycles. The molecule has 118 valence electrons. The van der Waals surface area contributed by atoms with E-state index in [0.717, 1.165) is 10.1 Å². The van der Waals surface area contributed by atoms with Crippen LogP contribution in [0.4, 0.5) is 5.69 Å². The SMILES string of the molecule is Cc1ccc(CNc2ccnc3c2c(=O)n(C)c(=O)n3C)cc1. The van der Waals surface area contributed by atoms with Crippen molar-refractivity contribution in [1.82, 2.24) is 14.1 Å².